The molecular weight excluding hydrogens is 262 g/mol. The number of hydrogen-bond donors (Lipinski definition) is 2. The average molecular weight is 291 g/mol. The van der Waals surface area contributed by atoms with Gasteiger partial charge in [-0.05, 0) is 38.9 Å². The maximum atomic E-state index is 11.9. The molecule has 5 nitrogen and oxygen atoms in total. The second-order valence-corrected chi connectivity index (χ2v) is 7.48. The molecule has 1 aliphatic heterocycles. The Morgan fingerprint density at radius 3 is 2.74 bits per heavy atom. The zero-order valence-electron chi connectivity index (χ0n) is 12.5. The Labute approximate surface area is 118 Å². The minimum Gasteiger partial charge on any atom is -0.314 e. The van der Waals surface area contributed by atoms with Crippen molar-refractivity contribution in [3.05, 3.63) is 0 Å². The third-order valence-electron chi connectivity index (χ3n) is 3.59. The molecule has 0 aromatic carbocycles. The van der Waals surface area contributed by atoms with E-state index >= 15 is 0 Å². The van der Waals surface area contributed by atoms with Crippen LogP contribution in [-0.2, 0) is 10.0 Å². The molecule has 1 heterocycles. The molecular formula is C13H29N3O2S. The van der Waals surface area contributed by atoms with Gasteiger partial charge in [0.15, 0.2) is 0 Å². The second kappa shape index (κ2) is 8.19. The van der Waals surface area contributed by atoms with Crippen LogP contribution in [-0.4, -0.2) is 57.3 Å². The summed E-state index contributed by atoms with van der Waals surface area (Å²) in [6, 6.07) is 0.792. The van der Waals surface area contributed by atoms with Gasteiger partial charge in [-0.25, -0.2) is 13.1 Å². The van der Waals surface area contributed by atoms with Crippen LogP contribution in [0.1, 0.15) is 40.0 Å². The van der Waals surface area contributed by atoms with Gasteiger partial charge in [0, 0.05) is 18.6 Å². The van der Waals surface area contributed by atoms with Gasteiger partial charge in [-0.3, -0.25) is 4.90 Å². The quantitative estimate of drug-likeness (QED) is 0.616. The topological polar surface area (TPSA) is 61.4 Å². The molecule has 114 valence electrons. The van der Waals surface area contributed by atoms with Gasteiger partial charge >= 0.3 is 0 Å². The number of likely N-dealkylation sites (tertiary alicyclic amines) is 1. The zero-order chi connectivity index (χ0) is 14.3. The molecule has 1 fully saturated rings. The first-order valence-electron chi connectivity index (χ1n) is 7.39. The van der Waals surface area contributed by atoms with Crippen LogP contribution in [0.2, 0.25) is 0 Å². The van der Waals surface area contributed by atoms with Gasteiger partial charge in [-0.2, -0.15) is 0 Å². The molecule has 1 rings (SSSR count). The molecule has 1 saturated heterocycles. The lowest BCUT2D eigenvalue weighted by molar-refractivity contribution is 0.268. The van der Waals surface area contributed by atoms with Gasteiger partial charge in [-0.15, -0.1) is 0 Å². The van der Waals surface area contributed by atoms with Gasteiger partial charge in [0.2, 0.25) is 10.0 Å². The number of likely N-dealkylation sites (N-methyl/N-ethyl adjacent to an activating group) is 1. The Hall–Kier alpha value is -0.170. The monoisotopic (exact) mass is 291 g/mol. The molecule has 0 saturated carbocycles. The predicted octanol–water partition coefficient (Wildman–Crippen LogP) is 0.778. The van der Waals surface area contributed by atoms with E-state index in [0.717, 1.165) is 26.1 Å². The first-order valence-corrected chi connectivity index (χ1v) is 9.04. The van der Waals surface area contributed by atoms with Crippen LogP contribution in [0, 0.1) is 0 Å². The van der Waals surface area contributed by atoms with Crippen LogP contribution < -0.4 is 10.0 Å². The Balaban J connectivity index is 2.23. The van der Waals surface area contributed by atoms with Crippen LogP contribution in [0.15, 0.2) is 0 Å². The fourth-order valence-corrected chi connectivity index (χ4v) is 3.61. The summed E-state index contributed by atoms with van der Waals surface area (Å²) >= 11 is 0. The summed E-state index contributed by atoms with van der Waals surface area (Å²) in [6.07, 6.45) is 2.94. The van der Waals surface area contributed by atoms with E-state index in [0.29, 0.717) is 25.0 Å². The minimum atomic E-state index is -3.12. The third-order valence-corrected chi connectivity index (χ3v) is 5.02. The van der Waals surface area contributed by atoms with Crippen molar-refractivity contribution in [2.45, 2.75) is 52.1 Å². The summed E-state index contributed by atoms with van der Waals surface area (Å²) in [7, 11) is -3.12. The fraction of sp³-hybridized carbons (Fsp3) is 1.00. The fourth-order valence-electron chi connectivity index (χ4n) is 2.49. The zero-order valence-corrected chi connectivity index (χ0v) is 13.3. The number of rotatable bonds is 9. The smallest absolute Gasteiger partial charge is 0.211 e. The number of hydrogen-bond acceptors (Lipinski definition) is 4. The van der Waals surface area contributed by atoms with Crippen molar-refractivity contribution in [1.82, 2.24) is 14.9 Å². The maximum Gasteiger partial charge on any atom is 0.211 e. The van der Waals surface area contributed by atoms with Gasteiger partial charge < -0.3 is 5.32 Å². The van der Waals surface area contributed by atoms with Crippen molar-refractivity contribution in [3.63, 3.8) is 0 Å². The highest BCUT2D eigenvalue weighted by molar-refractivity contribution is 7.89. The summed E-state index contributed by atoms with van der Waals surface area (Å²) < 4.78 is 26.5. The molecule has 1 atom stereocenters. The lowest BCUT2D eigenvalue weighted by atomic mass is 10.2. The molecule has 2 N–H and O–H groups in total. The lowest BCUT2D eigenvalue weighted by Crippen LogP contribution is -2.41. The van der Waals surface area contributed by atoms with Crippen LogP contribution in [0.25, 0.3) is 0 Å². The first kappa shape index (κ1) is 16.9. The van der Waals surface area contributed by atoms with Crippen molar-refractivity contribution >= 4 is 10.0 Å². The molecule has 0 spiro atoms. The van der Waals surface area contributed by atoms with Crippen LogP contribution in [0.4, 0.5) is 0 Å². The minimum absolute atomic E-state index is 0.214. The number of sulfonamides is 1. The van der Waals surface area contributed by atoms with E-state index in [1.165, 1.54) is 6.42 Å². The highest BCUT2D eigenvalue weighted by Crippen LogP contribution is 2.15. The molecule has 0 aromatic rings. The maximum absolute atomic E-state index is 11.9. The van der Waals surface area contributed by atoms with Gasteiger partial charge in [0.05, 0.1) is 5.75 Å². The molecule has 1 aliphatic rings. The molecule has 0 aliphatic carbocycles. The van der Waals surface area contributed by atoms with Crippen molar-refractivity contribution in [3.8, 4) is 0 Å². The van der Waals surface area contributed by atoms with Gasteiger partial charge in [0.25, 0.3) is 0 Å². The number of nitrogens with one attached hydrogen (secondary N) is 2. The summed E-state index contributed by atoms with van der Waals surface area (Å²) in [5.74, 6) is 0.214. The van der Waals surface area contributed by atoms with E-state index in [2.05, 4.69) is 35.7 Å². The van der Waals surface area contributed by atoms with Crippen LogP contribution in [0.5, 0.6) is 0 Å². The largest absolute Gasteiger partial charge is 0.314 e. The normalized spacial score (nSPS) is 21.4. The molecule has 0 radical (unpaired) electrons. The third kappa shape index (κ3) is 6.70. The van der Waals surface area contributed by atoms with Crippen molar-refractivity contribution in [1.29, 1.82) is 0 Å². The highest BCUT2D eigenvalue weighted by atomic mass is 32.2. The second-order valence-electron chi connectivity index (χ2n) is 5.55. The summed E-state index contributed by atoms with van der Waals surface area (Å²) in [4.78, 5) is 2.35. The molecule has 0 aromatic heterocycles. The molecule has 1 unspecified atom stereocenters. The van der Waals surface area contributed by atoms with Crippen LogP contribution >= 0.6 is 0 Å². The summed E-state index contributed by atoms with van der Waals surface area (Å²) in [5, 5.41) is 3.23. The SMILES string of the molecule is CCN1CCCC1CNS(=O)(=O)CCCNC(C)C. The summed E-state index contributed by atoms with van der Waals surface area (Å²) in [6.45, 7) is 9.67. The van der Waals surface area contributed by atoms with E-state index in [1.807, 2.05) is 0 Å². The van der Waals surface area contributed by atoms with E-state index in [9.17, 15) is 8.42 Å². The number of nitrogens with zero attached hydrogens (tertiary/aromatic N) is 1. The Kier molecular flexibility index (Phi) is 7.28. The molecule has 6 heteroatoms. The van der Waals surface area contributed by atoms with Crippen molar-refractivity contribution < 1.29 is 8.42 Å². The Morgan fingerprint density at radius 1 is 1.37 bits per heavy atom. The van der Waals surface area contributed by atoms with E-state index in [4.69, 9.17) is 0 Å². The van der Waals surface area contributed by atoms with E-state index in [1.54, 1.807) is 0 Å². The van der Waals surface area contributed by atoms with Crippen molar-refractivity contribution in [2.24, 2.45) is 0 Å². The molecule has 0 bridgehead atoms. The Morgan fingerprint density at radius 2 is 2.11 bits per heavy atom. The standard InChI is InChI=1S/C13H29N3O2S/c1-4-16-9-5-7-13(16)11-15-19(17,18)10-6-8-14-12(2)3/h12-15H,4-11H2,1-3H3. The predicted molar refractivity (Wildman–Crippen MR) is 79.8 cm³/mol. The van der Waals surface area contributed by atoms with Gasteiger partial charge in [-0.1, -0.05) is 20.8 Å². The van der Waals surface area contributed by atoms with Crippen molar-refractivity contribution in [2.75, 3.05) is 31.9 Å². The van der Waals surface area contributed by atoms with Gasteiger partial charge in [0.1, 0.15) is 0 Å². The van der Waals surface area contributed by atoms with E-state index in [-0.39, 0.29) is 5.75 Å². The first-order chi connectivity index (χ1) is 8.94. The summed E-state index contributed by atoms with van der Waals surface area (Å²) in [5.41, 5.74) is 0. The van der Waals surface area contributed by atoms with E-state index < -0.39 is 10.0 Å². The van der Waals surface area contributed by atoms with Crippen LogP contribution in [0.3, 0.4) is 0 Å². The average Bonchev–Trinajstić information content (AvgIpc) is 2.79. The lowest BCUT2D eigenvalue weighted by Gasteiger charge is -2.22. The highest BCUT2D eigenvalue weighted by Gasteiger charge is 2.24. The molecule has 0 amide bonds. The molecule has 19 heavy (non-hydrogen) atoms. The Bertz CT molecular complexity index is 344.